The van der Waals surface area contributed by atoms with E-state index < -0.39 is 6.09 Å². The molecule has 1 heterocycles. The van der Waals surface area contributed by atoms with Crippen molar-refractivity contribution in [3.63, 3.8) is 0 Å². The molecule has 8 nitrogen and oxygen atoms in total. The van der Waals surface area contributed by atoms with Gasteiger partial charge in [0.05, 0.1) is 18.0 Å². The molecule has 0 saturated carbocycles. The van der Waals surface area contributed by atoms with Crippen molar-refractivity contribution in [2.45, 2.75) is 13.8 Å². The van der Waals surface area contributed by atoms with Crippen molar-refractivity contribution < 1.29 is 9.53 Å². The summed E-state index contributed by atoms with van der Waals surface area (Å²) in [5.74, 6) is 0. The van der Waals surface area contributed by atoms with Crippen molar-refractivity contribution in [1.29, 1.82) is 0 Å². The Kier molecular flexibility index (Phi) is 4.38. The molecule has 1 aromatic carbocycles. The van der Waals surface area contributed by atoms with E-state index in [1.54, 1.807) is 13.8 Å². The first-order chi connectivity index (χ1) is 9.70. The quantitative estimate of drug-likeness (QED) is 0.666. The fourth-order valence-corrected chi connectivity index (χ4v) is 1.51. The van der Waals surface area contributed by atoms with Gasteiger partial charge in [0.2, 0.25) is 0 Å². The molecule has 104 valence electrons. The fraction of sp³-hybridized carbons (Fsp3) is 0.250. The van der Waals surface area contributed by atoms with Gasteiger partial charge in [0, 0.05) is 0 Å². The van der Waals surface area contributed by atoms with Crippen molar-refractivity contribution >= 4 is 11.8 Å². The highest BCUT2D eigenvalue weighted by atomic mass is 16.5. The molecule has 0 radical (unpaired) electrons. The zero-order chi connectivity index (χ0) is 14.4. The Morgan fingerprint density at radius 3 is 3.05 bits per heavy atom. The molecule has 0 aliphatic rings. The zero-order valence-corrected chi connectivity index (χ0v) is 11.1. The Labute approximate surface area is 115 Å². The van der Waals surface area contributed by atoms with E-state index in [0.717, 1.165) is 11.3 Å². The molecular weight excluding hydrogens is 260 g/mol. The third-order valence-electron chi connectivity index (χ3n) is 2.47. The highest BCUT2D eigenvalue weighted by Gasteiger charge is 2.03. The lowest BCUT2D eigenvalue weighted by molar-refractivity contribution is 0.152. The van der Waals surface area contributed by atoms with Gasteiger partial charge in [-0.2, -0.15) is 5.10 Å². The number of carbonyl (C=O) groups is 1. The summed E-state index contributed by atoms with van der Waals surface area (Å²) >= 11 is 0. The molecule has 0 aliphatic carbocycles. The van der Waals surface area contributed by atoms with E-state index in [-0.39, 0.29) is 0 Å². The summed E-state index contributed by atoms with van der Waals surface area (Å²) in [6, 6.07) is 7.46. The van der Waals surface area contributed by atoms with Crippen LogP contribution in [0.2, 0.25) is 0 Å². The summed E-state index contributed by atoms with van der Waals surface area (Å²) < 4.78 is 6.26. The summed E-state index contributed by atoms with van der Waals surface area (Å²) in [5.41, 5.74) is 4.61. The molecule has 20 heavy (non-hydrogen) atoms. The van der Waals surface area contributed by atoms with Gasteiger partial charge >= 0.3 is 6.09 Å². The predicted octanol–water partition coefficient (Wildman–Crippen LogP) is 1.13. The van der Waals surface area contributed by atoms with Crippen LogP contribution in [0.4, 0.5) is 4.79 Å². The highest BCUT2D eigenvalue weighted by molar-refractivity contribution is 5.99. The van der Waals surface area contributed by atoms with Crippen LogP contribution in [0.3, 0.4) is 0 Å². The van der Waals surface area contributed by atoms with Gasteiger partial charge in [-0.05, 0) is 42.0 Å². The summed E-state index contributed by atoms with van der Waals surface area (Å²) in [5, 5.41) is 14.9. The minimum absolute atomic E-state index is 0.301. The maximum Gasteiger partial charge on any atom is 0.427 e. The number of tetrazole rings is 1. The number of nitrogens with one attached hydrogen (secondary N) is 1. The number of carbonyl (C=O) groups excluding carboxylic acids is 1. The molecule has 1 amide bonds. The van der Waals surface area contributed by atoms with Crippen LogP contribution < -0.4 is 5.43 Å². The average Bonchev–Trinajstić information content (AvgIpc) is 2.99. The van der Waals surface area contributed by atoms with Crippen LogP contribution in [0.5, 0.6) is 0 Å². The SMILES string of the molecule is CCOC(=O)N/N=C(\C)c1cccc(-n2cnnn2)c1. The number of nitrogens with zero attached hydrogens (tertiary/aromatic N) is 5. The molecule has 8 heteroatoms. The zero-order valence-electron chi connectivity index (χ0n) is 11.1. The molecule has 0 bridgehead atoms. The Balaban J connectivity index is 2.14. The van der Waals surface area contributed by atoms with Crippen LogP contribution >= 0.6 is 0 Å². The van der Waals surface area contributed by atoms with Gasteiger partial charge in [0.1, 0.15) is 6.33 Å². The predicted molar refractivity (Wildman–Crippen MR) is 71.5 cm³/mol. The van der Waals surface area contributed by atoms with E-state index in [4.69, 9.17) is 4.74 Å². The summed E-state index contributed by atoms with van der Waals surface area (Å²) in [6.07, 6.45) is 0.922. The van der Waals surface area contributed by atoms with E-state index in [2.05, 4.69) is 26.1 Å². The number of benzene rings is 1. The van der Waals surface area contributed by atoms with E-state index >= 15 is 0 Å². The largest absolute Gasteiger partial charge is 0.449 e. The molecular formula is C12H14N6O2. The Morgan fingerprint density at radius 2 is 2.35 bits per heavy atom. The second kappa shape index (κ2) is 6.41. The van der Waals surface area contributed by atoms with Crippen LogP contribution in [0.1, 0.15) is 19.4 Å². The van der Waals surface area contributed by atoms with E-state index in [1.165, 1.54) is 11.0 Å². The maximum absolute atomic E-state index is 11.2. The van der Waals surface area contributed by atoms with Crippen molar-refractivity contribution in [3.05, 3.63) is 36.2 Å². The Bertz CT molecular complexity index is 608. The minimum Gasteiger partial charge on any atom is -0.449 e. The number of ether oxygens (including phenoxy) is 1. The highest BCUT2D eigenvalue weighted by Crippen LogP contribution is 2.09. The van der Waals surface area contributed by atoms with Gasteiger partial charge in [-0.25, -0.2) is 14.9 Å². The molecule has 2 aromatic rings. The lowest BCUT2D eigenvalue weighted by Gasteiger charge is -2.05. The van der Waals surface area contributed by atoms with E-state index in [0.29, 0.717) is 12.3 Å². The van der Waals surface area contributed by atoms with E-state index in [9.17, 15) is 4.79 Å². The maximum atomic E-state index is 11.2. The number of aromatic nitrogens is 4. The number of amides is 1. The monoisotopic (exact) mass is 274 g/mol. The first kappa shape index (κ1) is 13.7. The average molecular weight is 274 g/mol. The van der Waals surface area contributed by atoms with Crippen LogP contribution in [0, 0.1) is 0 Å². The lowest BCUT2D eigenvalue weighted by atomic mass is 10.1. The van der Waals surface area contributed by atoms with Crippen molar-refractivity contribution in [2.24, 2.45) is 5.10 Å². The first-order valence-electron chi connectivity index (χ1n) is 6.01. The normalized spacial score (nSPS) is 11.2. The molecule has 0 spiro atoms. The second-order valence-corrected chi connectivity index (χ2v) is 3.83. The Hall–Kier alpha value is -2.77. The Morgan fingerprint density at radius 1 is 1.50 bits per heavy atom. The van der Waals surface area contributed by atoms with Crippen LogP contribution in [0.25, 0.3) is 5.69 Å². The summed E-state index contributed by atoms with van der Waals surface area (Å²) in [7, 11) is 0. The van der Waals surface area contributed by atoms with Gasteiger partial charge in [0.15, 0.2) is 0 Å². The van der Waals surface area contributed by atoms with Gasteiger partial charge in [0.25, 0.3) is 0 Å². The number of hydrogen-bond donors (Lipinski definition) is 1. The van der Waals surface area contributed by atoms with Gasteiger partial charge < -0.3 is 4.74 Å². The van der Waals surface area contributed by atoms with Crippen molar-refractivity contribution in [3.8, 4) is 5.69 Å². The molecule has 0 unspecified atom stereocenters. The number of hydrogen-bond acceptors (Lipinski definition) is 6. The fourth-order valence-electron chi connectivity index (χ4n) is 1.51. The topological polar surface area (TPSA) is 94.3 Å². The van der Waals surface area contributed by atoms with Gasteiger partial charge in [-0.3, -0.25) is 0 Å². The lowest BCUT2D eigenvalue weighted by Crippen LogP contribution is -2.20. The van der Waals surface area contributed by atoms with Gasteiger partial charge in [-0.1, -0.05) is 12.1 Å². The van der Waals surface area contributed by atoms with Crippen molar-refractivity contribution in [2.75, 3.05) is 6.61 Å². The van der Waals surface area contributed by atoms with Gasteiger partial charge in [-0.15, -0.1) is 5.10 Å². The first-order valence-corrected chi connectivity index (χ1v) is 6.01. The van der Waals surface area contributed by atoms with E-state index in [1.807, 2.05) is 24.3 Å². The smallest absolute Gasteiger partial charge is 0.427 e. The molecule has 0 atom stereocenters. The molecule has 0 fully saturated rings. The third-order valence-corrected chi connectivity index (χ3v) is 2.47. The number of rotatable bonds is 4. The van der Waals surface area contributed by atoms with Crippen LogP contribution in [-0.2, 0) is 4.74 Å². The number of hydrazone groups is 1. The summed E-state index contributed by atoms with van der Waals surface area (Å²) in [4.78, 5) is 11.2. The second-order valence-electron chi connectivity index (χ2n) is 3.83. The van der Waals surface area contributed by atoms with Crippen LogP contribution in [-0.4, -0.2) is 38.6 Å². The molecule has 0 saturated heterocycles. The molecule has 0 aliphatic heterocycles. The standard InChI is InChI=1S/C12H14N6O2/c1-3-20-12(19)15-14-9(2)10-5-4-6-11(7-10)18-8-13-16-17-18/h4-8H,3H2,1-2H3,(H,15,19)/b14-9+. The van der Waals surface area contributed by atoms with Crippen molar-refractivity contribution in [1.82, 2.24) is 25.6 Å². The molecule has 2 rings (SSSR count). The third kappa shape index (κ3) is 3.37. The summed E-state index contributed by atoms with van der Waals surface area (Å²) in [6.45, 7) is 3.81. The molecule has 1 aromatic heterocycles. The minimum atomic E-state index is -0.580. The van der Waals surface area contributed by atoms with Crippen LogP contribution in [0.15, 0.2) is 35.7 Å². The molecule has 1 N–H and O–H groups in total.